The third-order valence-corrected chi connectivity index (χ3v) is 4.30. The molecule has 6 heteroatoms. The van der Waals surface area contributed by atoms with Crippen molar-refractivity contribution in [3.63, 3.8) is 0 Å². The van der Waals surface area contributed by atoms with E-state index >= 15 is 0 Å². The Morgan fingerprint density at radius 3 is 2.83 bits per heavy atom. The lowest BCUT2D eigenvalue weighted by Crippen LogP contribution is -2.47. The standard InChI is InChI=1S/C12H15ClN4S/c13-2-3-16-4-6-17(7-5-16)11-10-1-8-18-12(10)15-9-14-11/h1,8-9H,2-7H2. The van der Waals surface area contributed by atoms with Gasteiger partial charge in [-0.3, -0.25) is 4.90 Å². The molecule has 0 amide bonds. The molecule has 1 saturated heterocycles. The number of thiophene rings is 1. The lowest BCUT2D eigenvalue weighted by molar-refractivity contribution is 0.272. The number of hydrogen-bond acceptors (Lipinski definition) is 5. The first kappa shape index (κ1) is 12.1. The molecule has 0 saturated carbocycles. The monoisotopic (exact) mass is 282 g/mol. The molecule has 0 radical (unpaired) electrons. The zero-order chi connectivity index (χ0) is 12.4. The largest absolute Gasteiger partial charge is 0.353 e. The number of rotatable bonds is 3. The second kappa shape index (κ2) is 5.38. The summed E-state index contributed by atoms with van der Waals surface area (Å²) in [5.41, 5.74) is 0. The van der Waals surface area contributed by atoms with E-state index < -0.39 is 0 Å². The topological polar surface area (TPSA) is 32.3 Å². The fourth-order valence-electron chi connectivity index (χ4n) is 2.33. The summed E-state index contributed by atoms with van der Waals surface area (Å²) in [6.45, 7) is 5.12. The van der Waals surface area contributed by atoms with E-state index in [0.717, 1.165) is 43.4 Å². The molecule has 0 unspecified atom stereocenters. The van der Waals surface area contributed by atoms with Crippen LogP contribution in [0.3, 0.4) is 0 Å². The molecule has 1 aliphatic rings. The van der Waals surface area contributed by atoms with Crippen LogP contribution in [0.2, 0.25) is 0 Å². The Morgan fingerprint density at radius 1 is 1.22 bits per heavy atom. The van der Waals surface area contributed by atoms with Crippen LogP contribution < -0.4 is 4.90 Å². The van der Waals surface area contributed by atoms with E-state index in [4.69, 9.17) is 11.6 Å². The van der Waals surface area contributed by atoms with Gasteiger partial charge in [-0.1, -0.05) is 0 Å². The van der Waals surface area contributed by atoms with Crippen LogP contribution in [0, 0.1) is 0 Å². The minimum atomic E-state index is 0.711. The van der Waals surface area contributed by atoms with Crippen LogP contribution in [0.4, 0.5) is 5.82 Å². The summed E-state index contributed by atoms with van der Waals surface area (Å²) in [6, 6.07) is 2.11. The summed E-state index contributed by atoms with van der Waals surface area (Å²) in [5.74, 6) is 1.79. The van der Waals surface area contributed by atoms with Crippen molar-refractivity contribution in [1.82, 2.24) is 14.9 Å². The van der Waals surface area contributed by atoms with Crippen molar-refractivity contribution in [3.05, 3.63) is 17.8 Å². The summed E-state index contributed by atoms with van der Waals surface area (Å²) < 4.78 is 0. The highest BCUT2D eigenvalue weighted by molar-refractivity contribution is 7.16. The normalized spacial score (nSPS) is 17.5. The number of halogens is 1. The number of nitrogens with zero attached hydrogens (tertiary/aromatic N) is 4. The van der Waals surface area contributed by atoms with Gasteiger partial charge in [-0.25, -0.2) is 9.97 Å². The Labute approximate surface area is 115 Å². The van der Waals surface area contributed by atoms with Crippen molar-refractivity contribution >= 4 is 39.0 Å². The van der Waals surface area contributed by atoms with Gasteiger partial charge >= 0.3 is 0 Å². The van der Waals surface area contributed by atoms with Gasteiger partial charge in [0.1, 0.15) is 17.0 Å². The van der Waals surface area contributed by atoms with Crippen LogP contribution in [0.25, 0.3) is 10.2 Å². The molecule has 3 rings (SSSR count). The average molecular weight is 283 g/mol. The second-order valence-corrected chi connectivity index (χ2v) is 5.63. The molecule has 0 aromatic carbocycles. The molecule has 18 heavy (non-hydrogen) atoms. The van der Waals surface area contributed by atoms with Crippen molar-refractivity contribution in [2.45, 2.75) is 0 Å². The van der Waals surface area contributed by atoms with E-state index in [1.165, 1.54) is 5.39 Å². The fraction of sp³-hybridized carbons (Fsp3) is 0.500. The van der Waals surface area contributed by atoms with E-state index in [1.807, 2.05) is 0 Å². The molecule has 2 aromatic heterocycles. The fourth-order valence-corrected chi connectivity index (χ4v) is 3.30. The van der Waals surface area contributed by atoms with Crippen molar-refractivity contribution in [1.29, 1.82) is 0 Å². The highest BCUT2D eigenvalue weighted by Crippen LogP contribution is 2.27. The van der Waals surface area contributed by atoms with Crippen molar-refractivity contribution in [3.8, 4) is 0 Å². The molecule has 1 fully saturated rings. The maximum atomic E-state index is 5.78. The summed E-state index contributed by atoms with van der Waals surface area (Å²) in [7, 11) is 0. The minimum Gasteiger partial charge on any atom is -0.353 e. The first-order chi connectivity index (χ1) is 8.88. The maximum absolute atomic E-state index is 5.78. The SMILES string of the molecule is ClCCN1CCN(c2ncnc3sccc23)CC1. The lowest BCUT2D eigenvalue weighted by Gasteiger charge is -2.35. The quantitative estimate of drug-likeness (QED) is 0.807. The summed E-state index contributed by atoms with van der Waals surface area (Å²) in [5, 5.41) is 3.25. The number of hydrogen-bond donors (Lipinski definition) is 0. The first-order valence-corrected chi connectivity index (χ1v) is 7.51. The Kier molecular flexibility index (Phi) is 3.63. The molecule has 4 nitrogen and oxygen atoms in total. The van der Waals surface area contributed by atoms with E-state index in [1.54, 1.807) is 17.7 Å². The van der Waals surface area contributed by atoms with Crippen LogP contribution in [0.1, 0.15) is 0 Å². The predicted molar refractivity (Wildman–Crippen MR) is 76.8 cm³/mol. The van der Waals surface area contributed by atoms with Crippen LogP contribution >= 0.6 is 22.9 Å². The highest BCUT2D eigenvalue weighted by Gasteiger charge is 2.19. The second-order valence-electron chi connectivity index (χ2n) is 4.35. The van der Waals surface area contributed by atoms with E-state index in [2.05, 4.69) is 31.2 Å². The van der Waals surface area contributed by atoms with E-state index in [0.29, 0.717) is 5.88 Å². The molecule has 0 aliphatic carbocycles. The summed E-state index contributed by atoms with van der Waals surface area (Å²) in [6.07, 6.45) is 1.67. The zero-order valence-electron chi connectivity index (χ0n) is 10.0. The predicted octanol–water partition coefficient (Wildman–Crippen LogP) is 2.05. The smallest absolute Gasteiger partial charge is 0.140 e. The Hall–Kier alpha value is -0.910. The first-order valence-electron chi connectivity index (χ1n) is 6.10. The molecule has 0 atom stereocenters. The Morgan fingerprint density at radius 2 is 2.06 bits per heavy atom. The van der Waals surface area contributed by atoms with Crippen LogP contribution in [-0.4, -0.2) is 53.5 Å². The highest BCUT2D eigenvalue weighted by atomic mass is 35.5. The van der Waals surface area contributed by atoms with Crippen molar-refractivity contribution in [2.75, 3.05) is 43.5 Å². The molecule has 96 valence electrons. The molecular weight excluding hydrogens is 268 g/mol. The van der Waals surface area contributed by atoms with Crippen molar-refractivity contribution < 1.29 is 0 Å². The van der Waals surface area contributed by atoms with Crippen molar-refractivity contribution in [2.24, 2.45) is 0 Å². The van der Waals surface area contributed by atoms with Crippen LogP contribution in [-0.2, 0) is 0 Å². The van der Waals surface area contributed by atoms with Crippen LogP contribution in [0.5, 0.6) is 0 Å². The molecule has 1 aliphatic heterocycles. The number of alkyl halides is 1. The van der Waals surface area contributed by atoms with Gasteiger partial charge in [-0.2, -0.15) is 0 Å². The lowest BCUT2D eigenvalue weighted by atomic mass is 10.3. The molecule has 2 aromatic rings. The molecule has 0 spiro atoms. The zero-order valence-corrected chi connectivity index (χ0v) is 11.6. The number of aromatic nitrogens is 2. The summed E-state index contributed by atoms with van der Waals surface area (Å²) >= 11 is 7.45. The van der Waals surface area contributed by atoms with E-state index in [9.17, 15) is 0 Å². The Bertz CT molecular complexity index is 522. The van der Waals surface area contributed by atoms with Gasteiger partial charge in [0.2, 0.25) is 0 Å². The third-order valence-electron chi connectivity index (χ3n) is 3.31. The van der Waals surface area contributed by atoms with E-state index in [-0.39, 0.29) is 0 Å². The molecular formula is C12H15ClN4S. The number of anilines is 1. The van der Waals surface area contributed by atoms with Gasteiger partial charge < -0.3 is 4.90 Å². The van der Waals surface area contributed by atoms with Gasteiger partial charge in [-0.05, 0) is 11.4 Å². The van der Waals surface area contributed by atoms with Gasteiger partial charge in [-0.15, -0.1) is 22.9 Å². The Balaban J connectivity index is 1.78. The van der Waals surface area contributed by atoms with Gasteiger partial charge in [0.15, 0.2) is 0 Å². The van der Waals surface area contributed by atoms with Gasteiger partial charge in [0.25, 0.3) is 0 Å². The third kappa shape index (κ3) is 2.30. The minimum absolute atomic E-state index is 0.711. The van der Waals surface area contributed by atoms with Crippen LogP contribution in [0.15, 0.2) is 17.8 Å². The van der Waals surface area contributed by atoms with Gasteiger partial charge in [0, 0.05) is 38.6 Å². The average Bonchev–Trinajstić information content (AvgIpc) is 2.88. The molecule has 0 bridgehead atoms. The molecule has 0 N–H and O–H groups in total. The summed E-state index contributed by atoms with van der Waals surface area (Å²) in [4.78, 5) is 14.6. The van der Waals surface area contributed by atoms with Gasteiger partial charge in [0.05, 0.1) is 5.39 Å². The number of piperazine rings is 1. The molecule has 3 heterocycles. The maximum Gasteiger partial charge on any atom is 0.140 e. The number of fused-ring (bicyclic) bond motifs is 1.